The van der Waals surface area contributed by atoms with Gasteiger partial charge in [0.1, 0.15) is 11.5 Å². The normalized spacial score (nSPS) is 10.5. The number of amides is 1. The Morgan fingerprint density at radius 1 is 1.08 bits per heavy atom. The van der Waals surface area contributed by atoms with Gasteiger partial charge in [-0.05, 0) is 64.0 Å². The van der Waals surface area contributed by atoms with E-state index in [9.17, 15) is 14.0 Å². The molecular formula is C19H15FIN3O2. The van der Waals surface area contributed by atoms with Gasteiger partial charge in [0.05, 0.1) is 6.54 Å². The molecule has 0 spiro atoms. The molecule has 0 radical (unpaired) electrons. The van der Waals surface area contributed by atoms with Crippen LogP contribution in [0.4, 0.5) is 4.39 Å². The van der Waals surface area contributed by atoms with E-state index in [0.717, 1.165) is 13.8 Å². The average molecular weight is 463 g/mol. The van der Waals surface area contributed by atoms with Gasteiger partial charge >= 0.3 is 0 Å². The zero-order valence-corrected chi connectivity index (χ0v) is 15.8. The predicted molar refractivity (Wildman–Crippen MR) is 104 cm³/mol. The van der Waals surface area contributed by atoms with Crippen LogP contribution in [0.3, 0.4) is 0 Å². The second-order valence-electron chi connectivity index (χ2n) is 5.65. The molecule has 7 heteroatoms. The van der Waals surface area contributed by atoms with Gasteiger partial charge in [-0.2, -0.15) is 5.10 Å². The van der Waals surface area contributed by atoms with Crippen molar-refractivity contribution in [2.24, 2.45) is 0 Å². The number of carbonyl (C=O) groups excluding carboxylic acids is 1. The average Bonchev–Trinajstić information content (AvgIpc) is 2.63. The van der Waals surface area contributed by atoms with Crippen LogP contribution in [-0.2, 0) is 13.1 Å². The smallest absolute Gasteiger partial charge is 0.271 e. The number of aromatic nitrogens is 2. The molecule has 26 heavy (non-hydrogen) atoms. The number of hydrogen-bond donors (Lipinski definition) is 1. The van der Waals surface area contributed by atoms with Crippen LogP contribution in [0.2, 0.25) is 0 Å². The maximum Gasteiger partial charge on any atom is 0.271 e. The Labute approximate surface area is 163 Å². The van der Waals surface area contributed by atoms with Crippen LogP contribution in [0.25, 0.3) is 0 Å². The first kappa shape index (κ1) is 18.2. The number of nitrogens with one attached hydrogen (secondary N) is 1. The fraction of sp³-hybridized carbons (Fsp3) is 0.105. The molecule has 0 saturated heterocycles. The fourth-order valence-electron chi connectivity index (χ4n) is 2.37. The Bertz CT molecular complexity index is 987. The summed E-state index contributed by atoms with van der Waals surface area (Å²) in [6.45, 7) is 0.454. The van der Waals surface area contributed by atoms with E-state index in [-0.39, 0.29) is 29.5 Å². The van der Waals surface area contributed by atoms with Crippen LogP contribution in [-0.4, -0.2) is 15.7 Å². The third kappa shape index (κ3) is 4.75. The van der Waals surface area contributed by atoms with Crippen molar-refractivity contribution < 1.29 is 9.18 Å². The van der Waals surface area contributed by atoms with Crippen molar-refractivity contribution in [2.45, 2.75) is 13.1 Å². The highest BCUT2D eigenvalue weighted by Gasteiger charge is 2.10. The lowest BCUT2D eigenvalue weighted by atomic mass is 10.2. The van der Waals surface area contributed by atoms with Gasteiger partial charge in [-0.15, -0.1) is 0 Å². The first-order valence-corrected chi connectivity index (χ1v) is 8.94. The third-order valence-electron chi connectivity index (χ3n) is 3.69. The summed E-state index contributed by atoms with van der Waals surface area (Å²) in [5.74, 6) is -0.765. The van der Waals surface area contributed by atoms with Gasteiger partial charge in [-0.1, -0.05) is 24.3 Å². The Morgan fingerprint density at radius 3 is 2.58 bits per heavy atom. The molecule has 0 unspecified atom stereocenters. The third-order valence-corrected chi connectivity index (χ3v) is 4.41. The maximum absolute atomic E-state index is 13.3. The van der Waals surface area contributed by atoms with Gasteiger partial charge in [-0.25, -0.2) is 9.07 Å². The summed E-state index contributed by atoms with van der Waals surface area (Å²) in [7, 11) is 0. The monoisotopic (exact) mass is 463 g/mol. The van der Waals surface area contributed by atoms with Gasteiger partial charge in [0.2, 0.25) is 0 Å². The van der Waals surface area contributed by atoms with Gasteiger partial charge in [0, 0.05) is 16.2 Å². The summed E-state index contributed by atoms with van der Waals surface area (Å²) in [5.41, 5.74) is 1.33. The lowest BCUT2D eigenvalue weighted by Gasteiger charge is -2.08. The van der Waals surface area contributed by atoms with E-state index in [0.29, 0.717) is 12.1 Å². The highest BCUT2D eigenvalue weighted by Crippen LogP contribution is 2.07. The minimum Gasteiger partial charge on any atom is -0.347 e. The van der Waals surface area contributed by atoms with Crippen LogP contribution in [0.1, 0.15) is 21.6 Å². The number of carbonyl (C=O) groups is 1. The van der Waals surface area contributed by atoms with E-state index in [1.165, 1.54) is 24.3 Å². The maximum atomic E-state index is 13.3. The van der Waals surface area contributed by atoms with E-state index in [2.05, 4.69) is 33.0 Å². The van der Waals surface area contributed by atoms with Gasteiger partial charge < -0.3 is 5.32 Å². The molecule has 2 aromatic carbocycles. The molecule has 0 bridgehead atoms. The van der Waals surface area contributed by atoms with E-state index in [1.807, 2.05) is 24.3 Å². The molecule has 3 aromatic rings. The summed E-state index contributed by atoms with van der Waals surface area (Å²) in [4.78, 5) is 24.3. The van der Waals surface area contributed by atoms with Crippen molar-refractivity contribution in [3.8, 4) is 0 Å². The van der Waals surface area contributed by atoms with Crippen molar-refractivity contribution >= 4 is 28.5 Å². The molecule has 0 atom stereocenters. The highest BCUT2D eigenvalue weighted by molar-refractivity contribution is 14.1. The second-order valence-corrected chi connectivity index (χ2v) is 6.90. The number of hydrogen-bond acceptors (Lipinski definition) is 3. The zero-order chi connectivity index (χ0) is 18.5. The molecule has 1 amide bonds. The standard InChI is InChI=1S/C19H15FIN3O2/c20-15-3-1-2-14(10-15)12-24-18(25)9-8-17(23-24)19(26)22-11-13-4-6-16(21)7-5-13/h1-10H,11-12H2,(H,22,26). The highest BCUT2D eigenvalue weighted by atomic mass is 127. The molecule has 1 aromatic heterocycles. The summed E-state index contributed by atoms with van der Waals surface area (Å²) >= 11 is 2.21. The van der Waals surface area contributed by atoms with Crippen LogP contribution in [0, 0.1) is 9.39 Å². The van der Waals surface area contributed by atoms with Crippen LogP contribution >= 0.6 is 22.6 Å². The molecule has 0 aliphatic rings. The van der Waals surface area contributed by atoms with Crippen LogP contribution in [0.15, 0.2) is 65.5 Å². The molecule has 5 nitrogen and oxygen atoms in total. The van der Waals surface area contributed by atoms with Gasteiger partial charge in [-0.3, -0.25) is 9.59 Å². The van der Waals surface area contributed by atoms with E-state index in [1.54, 1.807) is 12.1 Å². The Kier molecular flexibility index (Phi) is 5.77. The summed E-state index contributed by atoms with van der Waals surface area (Å²) < 4.78 is 15.6. The largest absolute Gasteiger partial charge is 0.347 e. The quantitative estimate of drug-likeness (QED) is 0.592. The molecule has 0 saturated carbocycles. The lowest BCUT2D eigenvalue weighted by molar-refractivity contribution is 0.0943. The first-order chi connectivity index (χ1) is 12.5. The summed E-state index contributed by atoms with van der Waals surface area (Å²) in [6.07, 6.45) is 0. The minimum absolute atomic E-state index is 0.0921. The predicted octanol–water partition coefficient (Wildman–Crippen LogP) is 2.97. The molecule has 0 aliphatic heterocycles. The fourth-order valence-corrected chi connectivity index (χ4v) is 2.73. The van der Waals surface area contributed by atoms with Crippen LogP contribution in [0.5, 0.6) is 0 Å². The molecular weight excluding hydrogens is 448 g/mol. The van der Waals surface area contributed by atoms with E-state index < -0.39 is 0 Å². The minimum atomic E-state index is -0.387. The molecule has 0 fully saturated rings. The number of nitrogens with zero attached hydrogens (tertiary/aromatic N) is 2. The first-order valence-electron chi connectivity index (χ1n) is 7.86. The Balaban J connectivity index is 1.72. The summed E-state index contributed by atoms with van der Waals surface area (Å²) in [5, 5.41) is 6.87. The number of halogens is 2. The topological polar surface area (TPSA) is 64.0 Å². The van der Waals surface area contributed by atoms with E-state index >= 15 is 0 Å². The van der Waals surface area contributed by atoms with E-state index in [4.69, 9.17) is 0 Å². The number of rotatable bonds is 5. The van der Waals surface area contributed by atoms with Crippen molar-refractivity contribution in [2.75, 3.05) is 0 Å². The molecule has 132 valence electrons. The molecule has 1 heterocycles. The Morgan fingerprint density at radius 2 is 1.85 bits per heavy atom. The van der Waals surface area contributed by atoms with Gasteiger partial charge in [0.15, 0.2) is 0 Å². The summed E-state index contributed by atoms with van der Waals surface area (Å²) in [6, 6.07) is 16.4. The van der Waals surface area contributed by atoms with Crippen molar-refractivity contribution in [1.29, 1.82) is 0 Å². The number of benzene rings is 2. The van der Waals surface area contributed by atoms with Crippen molar-refractivity contribution in [3.05, 3.63) is 97.2 Å². The molecule has 1 N–H and O–H groups in total. The van der Waals surface area contributed by atoms with Crippen LogP contribution < -0.4 is 10.9 Å². The molecule has 0 aliphatic carbocycles. The molecule has 3 rings (SSSR count). The lowest BCUT2D eigenvalue weighted by Crippen LogP contribution is -2.29. The Hall–Kier alpha value is -2.55. The van der Waals surface area contributed by atoms with Crippen molar-refractivity contribution in [1.82, 2.24) is 15.1 Å². The second kappa shape index (κ2) is 8.22. The van der Waals surface area contributed by atoms with Crippen molar-refractivity contribution in [3.63, 3.8) is 0 Å². The van der Waals surface area contributed by atoms with Gasteiger partial charge in [0.25, 0.3) is 11.5 Å². The zero-order valence-electron chi connectivity index (χ0n) is 13.7. The SMILES string of the molecule is O=C(NCc1ccc(I)cc1)c1ccc(=O)n(Cc2cccc(F)c2)n1.